The molecule has 0 spiro atoms. The normalized spacial score (nSPS) is 26.8. The van der Waals surface area contributed by atoms with Crippen molar-refractivity contribution in [3.63, 3.8) is 0 Å². The maximum Gasteiger partial charge on any atom is 0.317 e. The van der Waals surface area contributed by atoms with Gasteiger partial charge in [0, 0.05) is 6.42 Å². The number of quaternary nitrogens is 1. The minimum atomic E-state index is -0.502. The van der Waals surface area contributed by atoms with E-state index in [0.717, 1.165) is 42.4 Å². The lowest BCUT2D eigenvalue weighted by atomic mass is 9.71. The third-order valence-electron chi connectivity index (χ3n) is 6.00. The van der Waals surface area contributed by atoms with Crippen LogP contribution in [0.4, 0.5) is 0 Å². The summed E-state index contributed by atoms with van der Waals surface area (Å²) in [5, 5.41) is 0. The summed E-state index contributed by atoms with van der Waals surface area (Å²) in [6.07, 6.45) is 5.77. The van der Waals surface area contributed by atoms with Crippen LogP contribution >= 0.6 is 0 Å². The van der Waals surface area contributed by atoms with Crippen LogP contribution in [-0.4, -0.2) is 43.7 Å². The van der Waals surface area contributed by atoms with Crippen molar-refractivity contribution in [1.29, 1.82) is 0 Å². The Balaban J connectivity index is 1.82. The minimum Gasteiger partial charge on any atom is -0.455 e. The molecular weight excluding hydrogens is 286 g/mol. The van der Waals surface area contributed by atoms with E-state index in [2.05, 4.69) is 33.2 Å². The highest BCUT2D eigenvalue weighted by Gasteiger charge is 2.47. The standard InChI is InChI=1S/C20H30NO2/c1-20(17-11-7-8-12-17,16-9-5-4-6-10-16)19(22)23-18-13-14-21(2,3)15-18/h4-6,9-10,17-18H,7-8,11-15H2,1-3H3/q+1/t18-,20+/m0/s1. The molecule has 2 atom stereocenters. The van der Waals surface area contributed by atoms with Crippen LogP contribution in [-0.2, 0) is 14.9 Å². The molecule has 3 rings (SSSR count). The zero-order valence-corrected chi connectivity index (χ0v) is 14.8. The number of likely N-dealkylation sites (tertiary alicyclic amines) is 1. The Hall–Kier alpha value is -1.35. The first-order chi connectivity index (χ1) is 10.9. The molecule has 2 fully saturated rings. The largest absolute Gasteiger partial charge is 0.455 e. The Bertz CT molecular complexity index is 548. The first-order valence-electron chi connectivity index (χ1n) is 9.00. The van der Waals surface area contributed by atoms with Crippen LogP contribution in [0.1, 0.15) is 44.6 Å². The lowest BCUT2D eigenvalue weighted by molar-refractivity contribution is -0.879. The fourth-order valence-electron chi connectivity index (χ4n) is 4.41. The van der Waals surface area contributed by atoms with Crippen molar-refractivity contribution in [3.8, 4) is 0 Å². The molecule has 3 heteroatoms. The van der Waals surface area contributed by atoms with E-state index in [1.54, 1.807) is 0 Å². The van der Waals surface area contributed by atoms with E-state index in [1.807, 2.05) is 18.2 Å². The monoisotopic (exact) mass is 316 g/mol. The molecule has 1 heterocycles. The first-order valence-corrected chi connectivity index (χ1v) is 9.00. The smallest absolute Gasteiger partial charge is 0.317 e. The van der Waals surface area contributed by atoms with Crippen LogP contribution in [0.3, 0.4) is 0 Å². The van der Waals surface area contributed by atoms with Crippen molar-refractivity contribution < 1.29 is 14.0 Å². The summed E-state index contributed by atoms with van der Waals surface area (Å²) in [6, 6.07) is 10.3. The van der Waals surface area contributed by atoms with E-state index in [-0.39, 0.29) is 12.1 Å². The van der Waals surface area contributed by atoms with Gasteiger partial charge in [-0.15, -0.1) is 0 Å². The van der Waals surface area contributed by atoms with E-state index < -0.39 is 5.41 Å². The number of esters is 1. The van der Waals surface area contributed by atoms with E-state index in [9.17, 15) is 4.79 Å². The maximum absolute atomic E-state index is 13.2. The number of hydrogen-bond acceptors (Lipinski definition) is 2. The minimum absolute atomic E-state index is 0.0116. The van der Waals surface area contributed by atoms with E-state index in [4.69, 9.17) is 4.74 Å². The number of hydrogen-bond donors (Lipinski definition) is 0. The summed E-state index contributed by atoms with van der Waals surface area (Å²) in [6.45, 7) is 4.13. The molecule has 1 aliphatic heterocycles. The van der Waals surface area contributed by atoms with E-state index in [1.165, 1.54) is 12.8 Å². The van der Waals surface area contributed by atoms with Gasteiger partial charge in [-0.25, -0.2) is 0 Å². The SMILES string of the molecule is C[C@@](C(=O)O[C@H]1CC[N+](C)(C)C1)(c1ccccc1)C1CCCC1. The van der Waals surface area contributed by atoms with Gasteiger partial charge in [0.1, 0.15) is 6.54 Å². The molecule has 0 unspecified atom stereocenters. The highest BCUT2D eigenvalue weighted by molar-refractivity contribution is 5.83. The maximum atomic E-state index is 13.2. The average molecular weight is 316 g/mol. The van der Waals surface area contributed by atoms with Crippen molar-refractivity contribution in [3.05, 3.63) is 35.9 Å². The van der Waals surface area contributed by atoms with Crippen LogP contribution in [0, 0.1) is 5.92 Å². The second-order valence-electron chi connectivity index (χ2n) is 8.21. The Kier molecular flexibility index (Phi) is 4.50. The van der Waals surface area contributed by atoms with Crippen LogP contribution in [0.25, 0.3) is 0 Å². The molecule has 0 amide bonds. The molecule has 1 aromatic carbocycles. The summed E-state index contributed by atoms with van der Waals surface area (Å²) < 4.78 is 6.97. The summed E-state index contributed by atoms with van der Waals surface area (Å²) in [7, 11) is 4.42. The lowest BCUT2D eigenvalue weighted by Gasteiger charge is -2.34. The van der Waals surface area contributed by atoms with Gasteiger partial charge in [-0.05, 0) is 31.2 Å². The van der Waals surface area contributed by atoms with E-state index in [0.29, 0.717) is 5.92 Å². The topological polar surface area (TPSA) is 26.3 Å². The third kappa shape index (κ3) is 3.30. The molecule has 23 heavy (non-hydrogen) atoms. The first kappa shape index (κ1) is 16.5. The Labute approximate surface area is 140 Å². The van der Waals surface area contributed by atoms with Crippen molar-refractivity contribution in [2.45, 2.75) is 50.5 Å². The fourth-order valence-corrected chi connectivity index (χ4v) is 4.41. The van der Waals surface area contributed by atoms with Gasteiger partial charge in [0.2, 0.25) is 0 Å². The van der Waals surface area contributed by atoms with Gasteiger partial charge in [-0.3, -0.25) is 4.79 Å². The molecule has 126 valence electrons. The molecular formula is C20H30NO2+. The molecule has 1 aromatic rings. The van der Waals surface area contributed by atoms with Gasteiger partial charge in [0.05, 0.1) is 26.1 Å². The predicted molar refractivity (Wildman–Crippen MR) is 92.1 cm³/mol. The highest BCUT2D eigenvalue weighted by Crippen LogP contribution is 2.43. The molecule has 1 saturated heterocycles. The van der Waals surface area contributed by atoms with Crippen molar-refractivity contribution in [1.82, 2.24) is 0 Å². The molecule has 0 N–H and O–H groups in total. The molecule has 0 radical (unpaired) electrons. The van der Waals surface area contributed by atoms with Gasteiger partial charge in [-0.2, -0.15) is 0 Å². The summed E-state index contributed by atoms with van der Waals surface area (Å²) >= 11 is 0. The van der Waals surface area contributed by atoms with Crippen LogP contribution < -0.4 is 0 Å². The van der Waals surface area contributed by atoms with Crippen LogP contribution in [0.2, 0.25) is 0 Å². The number of likely N-dealkylation sites (N-methyl/N-ethyl adjacent to an activating group) is 1. The second kappa shape index (κ2) is 6.27. The second-order valence-corrected chi connectivity index (χ2v) is 8.21. The summed E-state index contributed by atoms with van der Waals surface area (Å²) in [5.74, 6) is 0.392. The van der Waals surface area contributed by atoms with Crippen LogP contribution in [0.5, 0.6) is 0 Å². The molecule has 1 aliphatic carbocycles. The molecule has 2 aliphatic rings. The third-order valence-corrected chi connectivity index (χ3v) is 6.00. The van der Waals surface area contributed by atoms with Crippen molar-refractivity contribution in [2.75, 3.05) is 27.2 Å². The van der Waals surface area contributed by atoms with Gasteiger partial charge < -0.3 is 9.22 Å². The number of rotatable bonds is 4. The number of carbonyl (C=O) groups is 1. The van der Waals surface area contributed by atoms with Crippen molar-refractivity contribution in [2.24, 2.45) is 5.92 Å². The summed E-state index contributed by atoms with van der Waals surface area (Å²) in [5.41, 5.74) is 0.612. The quantitative estimate of drug-likeness (QED) is 0.627. The molecule has 0 bridgehead atoms. The fraction of sp³-hybridized carbons (Fsp3) is 0.650. The van der Waals surface area contributed by atoms with Gasteiger partial charge in [0.25, 0.3) is 0 Å². The zero-order chi connectivity index (χ0) is 16.5. The number of ether oxygens (including phenoxy) is 1. The Morgan fingerprint density at radius 1 is 1.13 bits per heavy atom. The summed E-state index contributed by atoms with van der Waals surface area (Å²) in [4.78, 5) is 13.2. The average Bonchev–Trinajstić information content (AvgIpc) is 3.17. The number of nitrogens with zero attached hydrogens (tertiary/aromatic N) is 1. The zero-order valence-electron chi connectivity index (χ0n) is 14.8. The Morgan fingerprint density at radius 3 is 2.35 bits per heavy atom. The van der Waals surface area contributed by atoms with Crippen LogP contribution in [0.15, 0.2) is 30.3 Å². The number of benzene rings is 1. The van der Waals surface area contributed by atoms with Gasteiger partial charge >= 0.3 is 5.97 Å². The van der Waals surface area contributed by atoms with Gasteiger partial charge in [0.15, 0.2) is 6.10 Å². The highest BCUT2D eigenvalue weighted by atomic mass is 16.5. The van der Waals surface area contributed by atoms with E-state index >= 15 is 0 Å². The van der Waals surface area contributed by atoms with Crippen molar-refractivity contribution >= 4 is 5.97 Å². The predicted octanol–water partition coefficient (Wildman–Crippen LogP) is 3.53. The molecule has 1 saturated carbocycles. The lowest BCUT2D eigenvalue weighted by Crippen LogP contribution is -2.44. The Morgan fingerprint density at radius 2 is 1.78 bits per heavy atom. The van der Waals surface area contributed by atoms with Gasteiger partial charge in [-0.1, -0.05) is 43.2 Å². The molecule has 3 nitrogen and oxygen atoms in total. The number of carbonyl (C=O) groups excluding carboxylic acids is 1. The molecule has 0 aromatic heterocycles.